The number of likely N-dealkylation sites (tertiary alicyclic amines) is 1. The second kappa shape index (κ2) is 5.51. The van der Waals surface area contributed by atoms with Gasteiger partial charge in [-0.3, -0.25) is 9.59 Å². The van der Waals surface area contributed by atoms with E-state index in [9.17, 15) is 18.4 Å². The molecule has 2 aliphatic heterocycles. The van der Waals surface area contributed by atoms with Gasteiger partial charge in [0.15, 0.2) is 0 Å². The first-order valence-corrected chi connectivity index (χ1v) is 9.35. The summed E-state index contributed by atoms with van der Waals surface area (Å²) in [6, 6.07) is 1.93. The fraction of sp³-hybridized carbons (Fsp3) is 0.647. The van der Waals surface area contributed by atoms with Crippen molar-refractivity contribution >= 4 is 28.8 Å². The Kier molecular flexibility index (Phi) is 3.67. The highest BCUT2D eigenvalue weighted by molar-refractivity contribution is 7.08. The summed E-state index contributed by atoms with van der Waals surface area (Å²) in [4.78, 5) is 28.9. The van der Waals surface area contributed by atoms with Gasteiger partial charge >= 0.3 is 0 Å². The molecule has 1 aliphatic carbocycles. The van der Waals surface area contributed by atoms with Crippen LogP contribution in [0.4, 0.5) is 14.5 Å². The molecule has 0 bridgehead atoms. The molecule has 0 N–H and O–H groups in total. The number of amides is 2. The number of rotatable bonds is 2. The van der Waals surface area contributed by atoms with E-state index in [2.05, 4.69) is 0 Å². The van der Waals surface area contributed by atoms with E-state index in [-0.39, 0.29) is 24.7 Å². The van der Waals surface area contributed by atoms with E-state index in [0.717, 1.165) is 24.9 Å². The predicted molar refractivity (Wildman–Crippen MR) is 87.2 cm³/mol. The van der Waals surface area contributed by atoms with Crippen LogP contribution in [-0.2, 0) is 9.59 Å². The normalized spacial score (nSPS) is 30.0. The van der Waals surface area contributed by atoms with Crippen molar-refractivity contribution in [2.45, 2.75) is 38.0 Å². The molecule has 0 radical (unpaired) electrons. The highest BCUT2D eigenvalue weighted by Crippen LogP contribution is 2.46. The van der Waals surface area contributed by atoms with Crippen molar-refractivity contribution in [3.05, 3.63) is 16.8 Å². The lowest BCUT2D eigenvalue weighted by Gasteiger charge is -2.43. The van der Waals surface area contributed by atoms with Gasteiger partial charge in [-0.05, 0) is 30.7 Å². The number of halogens is 2. The lowest BCUT2D eigenvalue weighted by atomic mass is 9.76. The molecule has 4 rings (SSSR count). The molecule has 1 aromatic heterocycles. The molecule has 3 heterocycles. The summed E-state index contributed by atoms with van der Waals surface area (Å²) < 4.78 is 26.1. The maximum atomic E-state index is 13.1. The summed E-state index contributed by atoms with van der Waals surface area (Å²) in [5.41, 5.74) is 0.395. The Balaban J connectivity index is 1.47. The molecule has 24 heavy (non-hydrogen) atoms. The maximum Gasteiger partial charge on any atom is 0.249 e. The average Bonchev–Trinajstić information content (AvgIpc) is 3.15. The van der Waals surface area contributed by atoms with Crippen LogP contribution in [0.5, 0.6) is 0 Å². The summed E-state index contributed by atoms with van der Waals surface area (Å²) in [6.07, 6.45) is 1.58. The Morgan fingerprint density at radius 3 is 2.71 bits per heavy atom. The molecule has 1 spiro atoms. The van der Waals surface area contributed by atoms with E-state index in [4.69, 9.17) is 0 Å². The first-order chi connectivity index (χ1) is 11.4. The first-order valence-electron chi connectivity index (χ1n) is 8.41. The highest BCUT2D eigenvalue weighted by Gasteiger charge is 2.53. The quantitative estimate of drug-likeness (QED) is 0.819. The molecule has 3 aliphatic rings. The number of carbonyl (C=O) groups excluding carboxylic acids is 2. The van der Waals surface area contributed by atoms with Crippen LogP contribution in [0.1, 0.15) is 32.1 Å². The topological polar surface area (TPSA) is 40.6 Å². The van der Waals surface area contributed by atoms with Gasteiger partial charge in [0.25, 0.3) is 0 Å². The van der Waals surface area contributed by atoms with Crippen LogP contribution in [0.2, 0.25) is 0 Å². The van der Waals surface area contributed by atoms with Gasteiger partial charge in [-0.15, -0.1) is 0 Å². The van der Waals surface area contributed by atoms with E-state index >= 15 is 0 Å². The third-order valence-electron chi connectivity index (χ3n) is 5.66. The zero-order valence-corrected chi connectivity index (χ0v) is 14.2. The summed E-state index contributed by atoms with van der Waals surface area (Å²) in [7, 11) is 0. The number of carbonyl (C=O) groups is 2. The monoisotopic (exact) mass is 354 g/mol. The Morgan fingerprint density at radius 2 is 2.04 bits per heavy atom. The van der Waals surface area contributed by atoms with Crippen molar-refractivity contribution in [3.63, 3.8) is 0 Å². The van der Waals surface area contributed by atoms with Crippen molar-refractivity contribution in [2.75, 3.05) is 24.5 Å². The number of anilines is 1. The standard InChI is InChI=1S/C17H20F2N2O2S/c18-17(19)8-12(9-17)14(22)20-5-1-3-16(11-20)4-6-21(15(16)23)13-2-7-24-10-13/h2,7,10,12H,1,3-6,8-9,11H2. The van der Waals surface area contributed by atoms with Crippen molar-refractivity contribution in [1.82, 2.24) is 4.90 Å². The zero-order chi connectivity index (χ0) is 16.9. The number of hydrogen-bond donors (Lipinski definition) is 0. The minimum Gasteiger partial charge on any atom is -0.341 e. The van der Waals surface area contributed by atoms with E-state index in [1.165, 1.54) is 0 Å². The molecule has 1 atom stereocenters. The van der Waals surface area contributed by atoms with Gasteiger partial charge in [-0.2, -0.15) is 11.3 Å². The minimum atomic E-state index is -2.69. The molecule has 1 aromatic rings. The van der Waals surface area contributed by atoms with Crippen molar-refractivity contribution in [2.24, 2.45) is 11.3 Å². The van der Waals surface area contributed by atoms with Gasteiger partial charge < -0.3 is 9.80 Å². The lowest BCUT2D eigenvalue weighted by Crippen LogP contribution is -2.54. The Hall–Kier alpha value is -1.50. The third-order valence-corrected chi connectivity index (χ3v) is 6.33. The smallest absolute Gasteiger partial charge is 0.249 e. The molecular weight excluding hydrogens is 334 g/mol. The Morgan fingerprint density at radius 1 is 1.25 bits per heavy atom. The molecular formula is C17H20F2N2O2S. The van der Waals surface area contributed by atoms with Crippen LogP contribution < -0.4 is 4.90 Å². The van der Waals surface area contributed by atoms with E-state index in [1.807, 2.05) is 21.7 Å². The van der Waals surface area contributed by atoms with Gasteiger partial charge in [0, 0.05) is 43.8 Å². The van der Waals surface area contributed by atoms with Gasteiger partial charge in [0.05, 0.1) is 11.1 Å². The second-order valence-electron chi connectivity index (χ2n) is 7.29. The molecule has 7 heteroatoms. The first kappa shape index (κ1) is 16.0. The van der Waals surface area contributed by atoms with Crippen LogP contribution in [0.15, 0.2) is 16.8 Å². The van der Waals surface area contributed by atoms with Crippen LogP contribution in [0, 0.1) is 11.3 Å². The molecule has 2 saturated heterocycles. The number of piperidine rings is 1. The summed E-state index contributed by atoms with van der Waals surface area (Å²) in [5, 5.41) is 3.90. The lowest BCUT2D eigenvalue weighted by molar-refractivity contribution is -0.163. The zero-order valence-electron chi connectivity index (χ0n) is 13.3. The predicted octanol–water partition coefficient (Wildman–Crippen LogP) is 3.14. The number of thiophene rings is 1. The average molecular weight is 354 g/mol. The summed E-state index contributed by atoms with van der Waals surface area (Å²) in [5.74, 6) is -3.37. The van der Waals surface area contributed by atoms with Gasteiger partial charge in [0.2, 0.25) is 17.7 Å². The van der Waals surface area contributed by atoms with Crippen LogP contribution in [0.3, 0.4) is 0 Å². The van der Waals surface area contributed by atoms with Crippen molar-refractivity contribution in [3.8, 4) is 0 Å². The van der Waals surface area contributed by atoms with Gasteiger partial charge in [0.1, 0.15) is 0 Å². The fourth-order valence-corrected chi connectivity index (χ4v) is 4.91. The molecule has 1 saturated carbocycles. The number of hydrogen-bond acceptors (Lipinski definition) is 3. The summed E-state index contributed by atoms with van der Waals surface area (Å²) >= 11 is 1.55. The van der Waals surface area contributed by atoms with E-state index in [0.29, 0.717) is 19.6 Å². The van der Waals surface area contributed by atoms with Crippen LogP contribution in [0.25, 0.3) is 0 Å². The fourth-order valence-electron chi connectivity index (χ4n) is 4.27. The summed E-state index contributed by atoms with van der Waals surface area (Å²) in [6.45, 7) is 1.63. The minimum absolute atomic E-state index is 0.0809. The van der Waals surface area contributed by atoms with Gasteiger partial charge in [-0.25, -0.2) is 8.78 Å². The van der Waals surface area contributed by atoms with Crippen LogP contribution >= 0.6 is 11.3 Å². The second-order valence-corrected chi connectivity index (χ2v) is 8.07. The van der Waals surface area contributed by atoms with Crippen LogP contribution in [-0.4, -0.2) is 42.3 Å². The maximum absolute atomic E-state index is 13.1. The molecule has 4 nitrogen and oxygen atoms in total. The highest BCUT2D eigenvalue weighted by atomic mass is 32.1. The van der Waals surface area contributed by atoms with Gasteiger partial charge in [-0.1, -0.05) is 0 Å². The largest absolute Gasteiger partial charge is 0.341 e. The van der Waals surface area contributed by atoms with Crippen molar-refractivity contribution < 1.29 is 18.4 Å². The van der Waals surface area contributed by atoms with Crippen molar-refractivity contribution in [1.29, 1.82) is 0 Å². The SMILES string of the molecule is O=C(C1CC(F)(F)C1)N1CCCC2(CCN(c3ccsc3)C2=O)C1. The molecule has 0 aromatic carbocycles. The third kappa shape index (κ3) is 2.53. The number of nitrogens with zero attached hydrogens (tertiary/aromatic N) is 2. The molecule has 3 fully saturated rings. The molecule has 2 amide bonds. The molecule has 130 valence electrons. The van der Waals surface area contributed by atoms with E-state index < -0.39 is 17.3 Å². The number of alkyl halides is 2. The van der Waals surface area contributed by atoms with E-state index in [1.54, 1.807) is 16.2 Å². The Labute approximate surface area is 143 Å². The Bertz CT molecular complexity index is 656. The molecule has 1 unspecified atom stereocenters.